The molecule has 1 N–H and O–H groups in total. The van der Waals surface area contributed by atoms with Crippen molar-refractivity contribution in [2.75, 3.05) is 6.61 Å². The standard InChI is InChI=1S/C11H9IO3S/c1-2-15-11(14)10-8(13)6-4-3-5-7(12)9(6)16-10/h3-5,13H,2H2,1H3. The Morgan fingerprint density at radius 3 is 2.94 bits per heavy atom. The lowest BCUT2D eigenvalue weighted by Crippen LogP contribution is -2.01. The van der Waals surface area contributed by atoms with Gasteiger partial charge in [-0.2, -0.15) is 0 Å². The molecule has 1 aromatic carbocycles. The Morgan fingerprint density at radius 2 is 2.31 bits per heavy atom. The summed E-state index contributed by atoms with van der Waals surface area (Å²) in [4.78, 5) is 11.9. The van der Waals surface area contributed by atoms with Gasteiger partial charge in [0.2, 0.25) is 0 Å². The summed E-state index contributed by atoms with van der Waals surface area (Å²) in [5.74, 6) is -0.436. The first-order valence-corrected chi connectivity index (χ1v) is 6.61. The van der Waals surface area contributed by atoms with E-state index in [4.69, 9.17) is 4.74 Å². The lowest BCUT2D eigenvalue weighted by atomic mass is 10.2. The summed E-state index contributed by atoms with van der Waals surface area (Å²) in [6, 6.07) is 5.59. The monoisotopic (exact) mass is 348 g/mol. The van der Waals surface area contributed by atoms with Crippen LogP contribution < -0.4 is 0 Å². The summed E-state index contributed by atoms with van der Waals surface area (Å²) in [7, 11) is 0. The van der Waals surface area contributed by atoms with E-state index in [0.717, 1.165) is 8.27 Å². The maximum Gasteiger partial charge on any atom is 0.352 e. The highest BCUT2D eigenvalue weighted by Crippen LogP contribution is 2.39. The molecule has 0 amide bonds. The summed E-state index contributed by atoms with van der Waals surface area (Å²) < 4.78 is 6.83. The Morgan fingerprint density at radius 1 is 1.56 bits per heavy atom. The van der Waals surface area contributed by atoms with Crippen LogP contribution in [0.5, 0.6) is 5.75 Å². The number of hydrogen-bond donors (Lipinski definition) is 1. The summed E-state index contributed by atoms with van der Waals surface area (Å²) in [6.07, 6.45) is 0. The van der Waals surface area contributed by atoms with E-state index in [1.807, 2.05) is 12.1 Å². The van der Waals surface area contributed by atoms with Crippen LogP contribution in [0.4, 0.5) is 0 Å². The van der Waals surface area contributed by atoms with E-state index in [1.165, 1.54) is 11.3 Å². The van der Waals surface area contributed by atoms with Crippen molar-refractivity contribution in [3.05, 3.63) is 26.6 Å². The van der Waals surface area contributed by atoms with Crippen molar-refractivity contribution in [3.63, 3.8) is 0 Å². The molecule has 0 spiro atoms. The number of fused-ring (bicyclic) bond motifs is 1. The SMILES string of the molecule is CCOC(=O)c1sc2c(I)cccc2c1O. The number of carbonyl (C=O) groups is 1. The van der Waals surface area contributed by atoms with Crippen LogP contribution in [-0.2, 0) is 4.74 Å². The Kier molecular flexibility index (Phi) is 3.34. The van der Waals surface area contributed by atoms with Gasteiger partial charge in [0, 0.05) is 8.96 Å². The molecule has 1 aromatic heterocycles. The first kappa shape index (κ1) is 11.7. The maximum absolute atomic E-state index is 11.6. The molecule has 2 rings (SSSR count). The van der Waals surface area contributed by atoms with Crippen LogP contribution in [0.2, 0.25) is 0 Å². The Labute approximate surface area is 110 Å². The molecular weight excluding hydrogens is 339 g/mol. The minimum Gasteiger partial charge on any atom is -0.505 e. The third kappa shape index (κ3) is 1.89. The number of carbonyl (C=O) groups excluding carboxylic acids is 1. The van der Waals surface area contributed by atoms with Gasteiger partial charge in [-0.25, -0.2) is 4.79 Å². The number of esters is 1. The van der Waals surface area contributed by atoms with Crippen molar-refractivity contribution in [1.29, 1.82) is 0 Å². The van der Waals surface area contributed by atoms with Crippen LogP contribution in [-0.4, -0.2) is 17.7 Å². The molecule has 0 saturated carbocycles. The summed E-state index contributed by atoms with van der Waals surface area (Å²) >= 11 is 3.45. The lowest BCUT2D eigenvalue weighted by molar-refractivity contribution is 0.0529. The van der Waals surface area contributed by atoms with Gasteiger partial charge in [0.1, 0.15) is 5.75 Å². The van der Waals surface area contributed by atoms with Crippen molar-refractivity contribution in [1.82, 2.24) is 0 Å². The second-order valence-electron chi connectivity index (χ2n) is 3.12. The minimum atomic E-state index is -0.461. The van der Waals surface area contributed by atoms with Gasteiger partial charge in [0.15, 0.2) is 4.88 Å². The fraction of sp³-hybridized carbons (Fsp3) is 0.182. The summed E-state index contributed by atoms with van der Waals surface area (Å²) in [5.41, 5.74) is 0. The normalized spacial score (nSPS) is 10.6. The molecule has 0 unspecified atom stereocenters. The van der Waals surface area contributed by atoms with E-state index in [9.17, 15) is 9.90 Å². The van der Waals surface area contributed by atoms with E-state index in [1.54, 1.807) is 13.0 Å². The molecule has 0 saturated heterocycles. The Hall–Kier alpha value is -0.820. The van der Waals surface area contributed by atoms with Crippen molar-refractivity contribution in [2.45, 2.75) is 6.92 Å². The van der Waals surface area contributed by atoms with Gasteiger partial charge in [-0.15, -0.1) is 11.3 Å². The van der Waals surface area contributed by atoms with Gasteiger partial charge < -0.3 is 9.84 Å². The fourth-order valence-corrected chi connectivity index (χ4v) is 3.23. The molecule has 16 heavy (non-hydrogen) atoms. The average Bonchev–Trinajstić information content (AvgIpc) is 2.59. The molecule has 0 radical (unpaired) electrons. The number of hydrogen-bond acceptors (Lipinski definition) is 4. The third-order valence-corrected chi connectivity index (χ3v) is 4.58. The Balaban J connectivity index is 2.60. The largest absolute Gasteiger partial charge is 0.505 e. The highest BCUT2D eigenvalue weighted by molar-refractivity contribution is 14.1. The second kappa shape index (κ2) is 4.58. The molecule has 2 aromatic rings. The van der Waals surface area contributed by atoms with Crippen molar-refractivity contribution in [3.8, 4) is 5.75 Å². The Bertz CT molecular complexity index is 547. The quantitative estimate of drug-likeness (QED) is 0.669. The smallest absolute Gasteiger partial charge is 0.352 e. The van der Waals surface area contributed by atoms with Gasteiger partial charge in [-0.05, 0) is 41.6 Å². The van der Waals surface area contributed by atoms with Crippen LogP contribution in [0.1, 0.15) is 16.6 Å². The average molecular weight is 348 g/mol. The first-order valence-electron chi connectivity index (χ1n) is 4.72. The molecule has 0 atom stereocenters. The minimum absolute atomic E-state index is 0.0250. The fourth-order valence-electron chi connectivity index (χ4n) is 1.41. The highest BCUT2D eigenvalue weighted by atomic mass is 127. The van der Waals surface area contributed by atoms with Gasteiger partial charge >= 0.3 is 5.97 Å². The van der Waals surface area contributed by atoms with E-state index in [2.05, 4.69) is 22.6 Å². The van der Waals surface area contributed by atoms with Gasteiger partial charge in [0.05, 0.1) is 11.3 Å². The predicted molar refractivity (Wildman–Crippen MR) is 72.2 cm³/mol. The zero-order valence-electron chi connectivity index (χ0n) is 8.49. The van der Waals surface area contributed by atoms with E-state index < -0.39 is 5.97 Å². The number of rotatable bonds is 2. The van der Waals surface area contributed by atoms with Crippen molar-refractivity contribution >= 4 is 50.0 Å². The number of halogens is 1. The predicted octanol–water partition coefficient (Wildman–Crippen LogP) is 3.39. The van der Waals surface area contributed by atoms with E-state index in [0.29, 0.717) is 12.0 Å². The number of aromatic hydroxyl groups is 1. The lowest BCUT2D eigenvalue weighted by Gasteiger charge is -1.98. The first-order chi connectivity index (χ1) is 7.65. The van der Waals surface area contributed by atoms with Gasteiger partial charge in [-0.1, -0.05) is 6.07 Å². The van der Waals surface area contributed by atoms with Crippen LogP contribution in [0.15, 0.2) is 18.2 Å². The van der Waals surface area contributed by atoms with E-state index >= 15 is 0 Å². The molecular formula is C11H9IO3S. The zero-order chi connectivity index (χ0) is 11.7. The molecule has 84 valence electrons. The van der Waals surface area contributed by atoms with Gasteiger partial charge in [-0.3, -0.25) is 0 Å². The van der Waals surface area contributed by atoms with Crippen molar-refractivity contribution < 1.29 is 14.6 Å². The molecule has 0 aliphatic carbocycles. The number of benzene rings is 1. The number of ether oxygens (including phenoxy) is 1. The summed E-state index contributed by atoms with van der Waals surface area (Å²) in [5, 5.41) is 10.6. The van der Waals surface area contributed by atoms with Crippen molar-refractivity contribution in [2.24, 2.45) is 0 Å². The number of thiophene rings is 1. The molecule has 1 heterocycles. The molecule has 0 fully saturated rings. The maximum atomic E-state index is 11.6. The van der Waals surface area contributed by atoms with Crippen LogP contribution >= 0.6 is 33.9 Å². The van der Waals surface area contributed by atoms with E-state index in [-0.39, 0.29) is 10.6 Å². The zero-order valence-corrected chi connectivity index (χ0v) is 11.5. The molecule has 3 nitrogen and oxygen atoms in total. The third-order valence-electron chi connectivity index (χ3n) is 2.10. The summed E-state index contributed by atoms with van der Waals surface area (Å²) in [6.45, 7) is 2.05. The van der Waals surface area contributed by atoms with Crippen LogP contribution in [0.3, 0.4) is 0 Å². The van der Waals surface area contributed by atoms with Crippen LogP contribution in [0, 0.1) is 3.57 Å². The highest BCUT2D eigenvalue weighted by Gasteiger charge is 2.19. The molecule has 5 heteroatoms. The van der Waals surface area contributed by atoms with Crippen LogP contribution in [0.25, 0.3) is 10.1 Å². The second-order valence-corrected chi connectivity index (χ2v) is 5.30. The van der Waals surface area contributed by atoms with Gasteiger partial charge in [0.25, 0.3) is 0 Å². The molecule has 0 bridgehead atoms. The molecule has 0 aliphatic heterocycles. The molecule has 0 aliphatic rings. The topological polar surface area (TPSA) is 46.5 Å².